The van der Waals surface area contributed by atoms with Crippen molar-refractivity contribution in [3.63, 3.8) is 0 Å². The van der Waals surface area contributed by atoms with E-state index in [1.54, 1.807) is 0 Å². The summed E-state index contributed by atoms with van der Waals surface area (Å²) in [5.74, 6) is 0. The van der Waals surface area contributed by atoms with Crippen LogP contribution in [0.5, 0.6) is 0 Å². The average molecular weight is 54.8 g/mol. The maximum Gasteiger partial charge on any atom is 0.373 e. The molecule has 0 heterocycles. The van der Waals surface area contributed by atoms with Crippen molar-refractivity contribution in [2.45, 2.75) is 0 Å². The highest BCUT2D eigenvalue weighted by molar-refractivity contribution is 5.75. The number of hydrogen-bond acceptors (Lipinski definition) is 2. The van der Waals surface area contributed by atoms with Gasteiger partial charge in [-0.05, 0) is 0 Å². The van der Waals surface area contributed by atoms with Crippen molar-refractivity contribution in [3.05, 3.63) is 0 Å². The summed E-state index contributed by atoms with van der Waals surface area (Å²) < 4.78 is 0. The molecule has 0 aromatic rings. The van der Waals surface area contributed by atoms with E-state index in [1.165, 1.54) is 0 Å². The summed E-state index contributed by atoms with van der Waals surface area (Å²) >= 11 is 0. The third-order valence-electron chi connectivity index (χ3n) is 0. The lowest BCUT2D eigenvalue weighted by atomic mass is 10.8. The highest BCUT2D eigenvalue weighted by atomic mass is 16.2. The van der Waals surface area contributed by atoms with Crippen LogP contribution in [0.4, 0.5) is 0 Å². The SMILES string of the molecule is O=C=O.[B]. The molecule has 0 rings (SSSR count). The Morgan fingerprint density at radius 2 is 1.25 bits per heavy atom. The molecule has 3 radical (unpaired) electrons. The van der Waals surface area contributed by atoms with Crippen molar-refractivity contribution in [3.8, 4) is 0 Å². The van der Waals surface area contributed by atoms with Gasteiger partial charge in [0, 0.05) is 8.41 Å². The number of carbonyl (C=O) groups excluding carboxylic acids is 2. The van der Waals surface area contributed by atoms with Crippen molar-refractivity contribution in [2.24, 2.45) is 0 Å². The van der Waals surface area contributed by atoms with E-state index in [1.807, 2.05) is 0 Å². The van der Waals surface area contributed by atoms with Gasteiger partial charge in [0.25, 0.3) is 0 Å². The quantitative estimate of drug-likeness (QED) is 0.334. The van der Waals surface area contributed by atoms with E-state index in [2.05, 4.69) is 0 Å². The van der Waals surface area contributed by atoms with Crippen LogP contribution in [0.2, 0.25) is 0 Å². The molecule has 4 heavy (non-hydrogen) atoms. The fourth-order valence-corrected chi connectivity index (χ4v) is 0. The van der Waals surface area contributed by atoms with Gasteiger partial charge in [-0.1, -0.05) is 0 Å². The topological polar surface area (TPSA) is 34.1 Å². The van der Waals surface area contributed by atoms with Crippen LogP contribution < -0.4 is 0 Å². The molecule has 0 fully saturated rings. The van der Waals surface area contributed by atoms with Gasteiger partial charge in [-0.3, -0.25) is 0 Å². The van der Waals surface area contributed by atoms with Crippen molar-refractivity contribution in [1.82, 2.24) is 0 Å². The first-order valence-electron chi connectivity index (χ1n) is 0.408. The summed E-state index contributed by atoms with van der Waals surface area (Å²) in [5.41, 5.74) is 0. The van der Waals surface area contributed by atoms with Crippen LogP contribution in [0.25, 0.3) is 0 Å². The van der Waals surface area contributed by atoms with Gasteiger partial charge in [0.2, 0.25) is 0 Å². The van der Waals surface area contributed by atoms with Crippen LogP contribution in [-0.4, -0.2) is 14.6 Å². The van der Waals surface area contributed by atoms with Crippen LogP contribution in [0.3, 0.4) is 0 Å². The molecule has 0 aromatic carbocycles. The first kappa shape index (κ1) is 9.86. The minimum Gasteiger partial charge on any atom is -0.186 e. The Labute approximate surface area is 25.4 Å². The first-order valence-corrected chi connectivity index (χ1v) is 0.408. The molecule has 0 spiro atoms. The van der Waals surface area contributed by atoms with Gasteiger partial charge < -0.3 is 0 Å². The second-order valence-electron chi connectivity index (χ2n) is 0.0833. The second-order valence-corrected chi connectivity index (χ2v) is 0.0833. The zero-order chi connectivity index (χ0) is 2.71. The van der Waals surface area contributed by atoms with E-state index in [0.29, 0.717) is 0 Å². The Morgan fingerprint density at radius 1 is 1.25 bits per heavy atom. The van der Waals surface area contributed by atoms with Gasteiger partial charge in [-0.15, -0.1) is 0 Å². The van der Waals surface area contributed by atoms with Gasteiger partial charge in [0.05, 0.1) is 0 Å². The molecule has 0 aliphatic heterocycles. The molecule has 0 amide bonds. The monoisotopic (exact) mass is 55.0 g/mol. The Kier molecular flexibility index (Phi) is 63.6. The summed E-state index contributed by atoms with van der Waals surface area (Å²) in [5, 5.41) is 0. The zero-order valence-electron chi connectivity index (χ0n) is 1.89. The molecule has 0 N–H and O–H groups in total. The van der Waals surface area contributed by atoms with Crippen LogP contribution in [0.1, 0.15) is 0 Å². The molecule has 0 saturated heterocycles. The van der Waals surface area contributed by atoms with E-state index >= 15 is 0 Å². The molecule has 0 aliphatic rings. The first-order chi connectivity index (χ1) is 1.41. The Balaban J connectivity index is 0. The lowest BCUT2D eigenvalue weighted by molar-refractivity contribution is -0.191. The van der Waals surface area contributed by atoms with Crippen LogP contribution in [-0.2, 0) is 9.59 Å². The normalized spacial score (nSPS) is 2.00. The molecule has 0 aliphatic carbocycles. The largest absolute Gasteiger partial charge is 0.373 e. The summed E-state index contributed by atoms with van der Waals surface area (Å²) in [7, 11) is 0. The number of rotatable bonds is 0. The molecule has 0 unspecified atom stereocenters. The van der Waals surface area contributed by atoms with Gasteiger partial charge in [0.1, 0.15) is 0 Å². The molecular formula is CBO2. The van der Waals surface area contributed by atoms with E-state index in [9.17, 15) is 0 Å². The minimum atomic E-state index is 0. The fraction of sp³-hybridized carbons (Fsp3) is 0. The smallest absolute Gasteiger partial charge is 0.186 e. The van der Waals surface area contributed by atoms with Crippen molar-refractivity contribution in [1.29, 1.82) is 0 Å². The van der Waals surface area contributed by atoms with E-state index in [-0.39, 0.29) is 14.6 Å². The molecule has 19 valence electrons. The Morgan fingerprint density at radius 3 is 1.25 bits per heavy atom. The highest BCUT2D eigenvalue weighted by Gasteiger charge is 1.13. The van der Waals surface area contributed by atoms with E-state index in [4.69, 9.17) is 9.59 Å². The highest BCUT2D eigenvalue weighted by Crippen LogP contribution is 0.787. The molecule has 0 saturated carbocycles. The van der Waals surface area contributed by atoms with Crippen LogP contribution in [0.15, 0.2) is 0 Å². The van der Waals surface area contributed by atoms with Gasteiger partial charge >= 0.3 is 6.15 Å². The summed E-state index contributed by atoms with van der Waals surface area (Å²) in [6.07, 6.45) is 0.250. The van der Waals surface area contributed by atoms with E-state index in [0.717, 1.165) is 0 Å². The van der Waals surface area contributed by atoms with Crippen LogP contribution >= 0.6 is 0 Å². The maximum absolute atomic E-state index is 8.12. The van der Waals surface area contributed by atoms with E-state index < -0.39 is 0 Å². The van der Waals surface area contributed by atoms with Crippen molar-refractivity contribution in [2.75, 3.05) is 0 Å². The second kappa shape index (κ2) is 25.8. The Hall–Kier alpha value is -0.555. The lowest BCUT2D eigenvalue weighted by Gasteiger charge is -0.945. The lowest BCUT2D eigenvalue weighted by Crippen LogP contribution is -1.22. The van der Waals surface area contributed by atoms with Gasteiger partial charge in [0.15, 0.2) is 0 Å². The molecule has 0 atom stereocenters. The molecular weight excluding hydrogens is 54.8 g/mol. The van der Waals surface area contributed by atoms with Crippen LogP contribution in [0, 0.1) is 0 Å². The predicted molar refractivity (Wildman–Crippen MR) is 10.8 cm³/mol. The average Bonchev–Trinajstić information content (AvgIpc) is 0.918. The standard InChI is InChI=1S/CO2.B/c2-1-3;. The molecule has 2 nitrogen and oxygen atoms in total. The third-order valence-corrected chi connectivity index (χ3v) is 0. The van der Waals surface area contributed by atoms with Gasteiger partial charge in [-0.2, -0.15) is 9.59 Å². The van der Waals surface area contributed by atoms with Gasteiger partial charge in [-0.25, -0.2) is 0 Å². The number of hydrogen-bond donors (Lipinski definition) is 0. The van der Waals surface area contributed by atoms with Crippen molar-refractivity contribution < 1.29 is 9.59 Å². The predicted octanol–water partition coefficient (Wildman–Crippen LogP) is -0.964. The maximum atomic E-state index is 8.12. The summed E-state index contributed by atoms with van der Waals surface area (Å²) in [6, 6.07) is 0. The minimum absolute atomic E-state index is 0. The zero-order valence-corrected chi connectivity index (χ0v) is 1.89. The Bertz CT molecular complexity index is 27.0. The molecule has 3 heteroatoms. The third kappa shape index (κ3) is 0.928. The summed E-state index contributed by atoms with van der Waals surface area (Å²) in [6.45, 7) is 0. The fourth-order valence-electron chi connectivity index (χ4n) is 0. The van der Waals surface area contributed by atoms with Crippen molar-refractivity contribution >= 4 is 14.6 Å². The summed E-state index contributed by atoms with van der Waals surface area (Å²) in [4.78, 5) is 16.2. The molecule has 0 bridgehead atoms. The molecule has 0 aromatic heterocycles.